The second-order valence-corrected chi connectivity index (χ2v) is 8.75. The molecule has 0 aliphatic carbocycles. The SMILES string of the molecule is C=CCN1C(=O)C(=Cc2c(OCc3ccc(C(=O)O)cc3)ccc3ccccc23)SC1=S. The van der Waals surface area contributed by atoms with Crippen LogP contribution in [-0.4, -0.2) is 32.7 Å². The highest BCUT2D eigenvalue weighted by molar-refractivity contribution is 8.26. The predicted octanol–water partition coefficient (Wildman–Crippen LogP) is 5.50. The fourth-order valence-electron chi connectivity index (χ4n) is 3.37. The molecule has 4 rings (SSSR count). The molecule has 0 spiro atoms. The van der Waals surface area contributed by atoms with Gasteiger partial charge in [-0.2, -0.15) is 0 Å². The van der Waals surface area contributed by atoms with Crippen LogP contribution in [0.15, 0.2) is 78.2 Å². The molecule has 1 aliphatic rings. The van der Waals surface area contributed by atoms with Gasteiger partial charge in [0.05, 0.1) is 10.5 Å². The molecule has 1 saturated heterocycles. The maximum atomic E-state index is 12.8. The van der Waals surface area contributed by atoms with Gasteiger partial charge in [0.1, 0.15) is 16.7 Å². The Hall–Kier alpha value is -3.42. The van der Waals surface area contributed by atoms with E-state index in [1.165, 1.54) is 16.7 Å². The van der Waals surface area contributed by atoms with Crippen molar-refractivity contribution in [3.8, 4) is 5.75 Å². The number of carboxylic acids is 1. The van der Waals surface area contributed by atoms with Gasteiger partial charge in [0.25, 0.3) is 5.91 Å². The molecule has 0 bridgehead atoms. The normalized spacial score (nSPS) is 14.9. The Bertz CT molecular complexity index is 1260. The van der Waals surface area contributed by atoms with E-state index in [0.717, 1.165) is 21.9 Å². The van der Waals surface area contributed by atoms with E-state index in [4.69, 9.17) is 22.1 Å². The number of carboxylic acid groups (broad SMARTS) is 1. The van der Waals surface area contributed by atoms with Crippen LogP contribution in [0.2, 0.25) is 0 Å². The summed E-state index contributed by atoms with van der Waals surface area (Å²) < 4.78 is 6.61. The molecule has 1 N–H and O–H groups in total. The van der Waals surface area contributed by atoms with E-state index in [0.29, 0.717) is 21.5 Å². The molecule has 1 fully saturated rings. The van der Waals surface area contributed by atoms with Crippen molar-refractivity contribution in [1.29, 1.82) is 0 Å². The first-order valence-electron chi connectivity index (χ1n) is 9.81. The van der Waals surface area contributed by atoms with Crippen molar-refractivity contribution in [1.82, 2.24) is 4.90 Å². The molecule has 7 heteroatoms. The number of thiocarbonyl (C=S) groups is 1. The molecule has 32 heavy (non-hydrogen) atoms. The highest BCUT2D eigenvalue weighted by Gasteiger charge is 2.31. The van der Waals surface area contributed by atoms with Crippen molar-refractivity contribution in [2.75, 3.05) is 6.54 Å². The smallest absolute Gasteiger partial charge is 0.335 e. The Kier molecular flexibility index (Phi) is 6.39. The summed E-state index contributed by atoms with van der Waals surface area (Å²) in [4.78, 5) is 25.9. The summed E-state index contributed by atoms with van der Waals surface area (Å²) in [6.45, 7) is 4.32. The van der Waals surface area contributed by atoms with E-state index in [9.17, 15) is 9.59 Å². The number of rotatable bonds is 7. The minimum absolute atomic E-state index is 0.150. The zero-order valence-corrected chi connectivity index (χ0v) is 18.6. The first-order valence-corrected chi connectivity index (χ1v) is 11.0. The van der Waals surface area contributed by atoms with E-state index in [1.54, 1.807) is 30.3 Å². The number of aromatic carboxylic acids is 1. The van der Waals surface area contributed by atoms with Crippen molar-refractivity contribution in [3.63, 3.8) is 0 Å². The standard InChI is InChI=1S/C25H19NO4S2/c1-2-13-26-23(27)22(32-25(26)31)14-20-19-6-4-3-5-17(19)11-12-21(20)30-15-16-7-9-18(10-8-16)24(28)29/h2-12,14H,1,13,15H2,(H,28,29). The molecule has 5 nitrogen and oxygen atoms in total. The lowest BCUT2D eigenvalue weighted by atomic mass is 10.0. The Morgan fingerprint density at radius 1 is 1.12 bits per heavy atom. The average Bonchev–Trinajstić information content (AvgIpc) is 3.06. The number of amides is 1. The van der Waals surface area contributed by atoms with Crippen molar-refractivity contribution in [2.45, 2.75) is 6.61 Å². The van der Waals surface area contributed by atoms with Crippen molar-refractivity contribution in [2.24, 2.45) is 0 Å². The molecule has 0 radical (unpaired) electrons. The lowest BCUT2D eigenvalue weighted by molar-refractivity contribution is -0.121. The highest BCUT2D eigenvalue weighted by Crippen LogP contribution is 2.37. The van der Waals surface area contributed by atoms with Gasteiger partial charge in [-0.05, 0) is 40.6 Å². The van der Waals surface area contributed by atoms with E-state index >= 15 is 0 Å². The molecule has 1 amide bonds. The Morgan fingerprint density at radius 3 is 2.59 bits per heavy atom. The highest BCUT2D eigenvalue weighted by atomic mass is 32.2. The van der Waals surface area contributed by atoms with Crippen LogP contribution in [0.25, 0.3) is 16.8 Å². The molecule has 0 aromatic heterocycles. The maximum absolute atomic E-state index is 12.8. The van der Waals surface area contributed by atoms with Crippen LogP contribution in [0.4, 0.5) is 0 Å². The third kappa shape index (κ3) is 4.44. The summed E-state index contributed by atoms with van der Waals surface area (Å²) in [5.74, 6) is -0.494. The maximum Gasteiger partial charge on any atom is 0.335 e. The molecular formula is C25H19NO4S2. The second kappa shape index (κ2) is 9.38. The van der Waals surface area contributed by atoms with Crippen LogP contribution in [0.1, 0.15) is 21.5 Å². The van der Waals surface area contributed by atoms with E-state index in [1.807, 2.05) is 42.5 Å². The summed E-state index contributed by atoms with van der Waals surface area (Å²) in [7, 11) is 0. The molecule has 0 atom stereocenters. The fraction of sp³-hybridized carbons (Fsp3) is 0.0800. The average molecular weight is 462 g/mol. The summed E-state index contributed by atoms with van der Waals surface area (Å²) in [6.07, 6.45) is 3.48. The van der Waals surface area contributed by atoms with E-state index in [2.05, 4.69) is 6.58 Å². The number of fused-ring (bicyclic) bond motifs is 1. The minimum atomic E-state index is -0.969. The minimum Gasteiger partial charge on any atom is -0.488 e. The Balaban J connectivity index is 1.69. The topological polar surface area (TPSA) is 66.8 Å². The number of thioether (sulfide) groups is 1. The van der Waals surface area contributed by atoms with Gasteiger partial charge in [0.15, 0.2) is 0 Å². The van der Waals surface area contributed by atoms with Crippen molar-refractivity contribution < 1.29 is 19.4 Å². The molecule has 1 heterocycles. The van der Waals surface area contributed by atoms with Crippen LogP contribution >= 0.6 is 24.0 Å². The second-order valence-electron chi connectivity index (χ2n) is 7.07. The Labute approximate surface area is 195 Å². The number of hydrogen-bond donors (Lipinski definition) is 1. The van der Waals surface area contributed by atoms with Gasteiger partial charge in [-0.1, -0.05) is 72.5 Å². The Morgan fingerprint density at radius 2 is 1.88 bits per heavy atom. The van der Waals surface area contributed by atoms with Gasteiger partial charge in [0.2, 0.25) is 0 Å². The van der Waals surface area contributed by atoms with Gasteiger partial charge in [-0.3, -0.25) is 9.69 Å². The number of nitrogens with zero attached hydrogens (tertiary/aromatic N) is 1. The molecule has 160 valence electrons. The van der Waals surface area contributed by atoms with Gasteiger partial charge < -0.3 is 9.84 Å². The molecular weight excluding hydrogens is 442 g/mol. The summed E-state index contributed by atoms with van der Waals surface area (Å²) in [6, 6.07) is 18.3. The van der Waals surface area contributed by atoms with Crippen LogP contribution in [-0.2, 0) is 11.4 Å². The largest absolute Gasteiger partial charge is 0.488 e. The van der Waals surface area contributed by atoms with Gasteiger partial charge >= 0.3 is 5.97 Å². The summed E-state index contributed by atoms with van der Waals surface area (Å²) in [5.41, 5.74) is 1.86. The third-order valence-electron chi connectivity index (χ3n) is 4.99. The number of hydrogen-bond acceptors (Lipinski definition) is 5. The summed E-state index contributed by atoms with van der Waals surface area (Å²) in [5, 5.41) is 11.0. The molecule has 3 aromatic rings. The first kappa shape index (κ1) is 21.8. The number of ether oxygens (including phenoxy) is 1. The zero-order valence-electron chi connectivity index (χ0n) is 17.0. The molecule has 3 aromatic carbocycles. The van der Waals surface area contributed by atoms with Crippen LogP contribution < -0.4 is 4.74 Å². The lowest BCUT2D eigenvalue weighted by Crippen LogP contribution is -2.27. The predicted molar refractivity (Wildman–Crippen MR) is 132 cm³/mol. The number of carbonyl (C=O) groups excluding carboxylic acids is 1. The number of carbonyl (C=O) groups is 2. The van der Waals surface area contributed by atoms with Gasteiger partial charge in [-0.25, -0.2) is 4.79 Å². The molecule has 0 saturated carbocycles. The summed E-state index contributed by atoms with van der Waals surface area (Å²) >= 11 is 6.62. The quantitative estimate of drug-likeness (QED) is 0.285. The lowest BCUT2D eigenvalue weighted by Gasteiger charge is -2.13. The molecule has 1 aliphatic heterocycles. The van der Waals surface area contributed by atoms with Gasteiger partial charge in [-0.15, -0.1) is 6.58 Å². The van der Waals surface area contributed by atoms with Gasteiger partial charge in [0, 0.05) is 12.1 Å². The number of benzene rings is 3. The first-order chi connectivity index (χ1) is 15.5. The van der Waals surface area contributed by atoms with Crippen LogP contribution in [0, 0.1) is 0 Å². The van der Waals surface area contributed by atoms with Crippen LogP contribution in [0.3, 0.4) is 0 Å². The van der Waals surface area contributed by atoms with Crippen molar-refractivity contribution >= 4 is 57.0 Å². The van der Waals surface area contributed by atoms with E-state index in [-0.39, 0.29) is 18.1 Å². The third-order valence-corrected chi connectivity index (χ3v) is 6.36. The van der Waals surface area contributed by atoms with E-state index < -0.39 is 5.97 Å². The molecule has 0 unspecified atom stereocenters. The zero-order chi connectivity index (χ0) is 22.7. The van der Waals surface area contributed by atoms with Crippen molar-refractivity contribution in [3.05, 3.63) is 94.9 Å². The monoisotopic (exact) mass is 461 g/mol. The van der Waals surface area contributed by atoms with Crippen LogP contribution in [0.5, 0.6) is 5.75 Å². The fourth-order valence-corrected chi connectivity index (χ4v) is 4.63.